The summed E-state index contributed by atoms with van der Waals surface area (Å²) in [6.45, 7) is 2.08. The predicted octanol–water partition coefficient (Wildman–Crippen LogP) is 4.53. The molecule has 0 atom stereocenters. The van der Waals surface area contributed by atoms with Crippen LogP contribution in [0.2, 0.25) is 10.0 Å². The maximum atomic E-state index is 10.3. The van der Waals surface area contributed by atoms with Crippen LogP contribution in [0.4, 0.5) is 0 Å². The molecule has 4 aromatic rings. The van der Waals surface area contributed by atoms with Gasteiger partial charge < -0.3 is 34.5 Å². The number of aliphatic hydroxyl groups is 2. The molecule has 0 spiro atoms. The third-order valence-electron chi connectivity index (χ3n) is 8.13. The molecule has 2 aromatic carbocycles. The van der Waals surface area contributed by atoms with Crippen LogP contribution in [0.3, 0.4) is 0 Å². The fourth-order valence-corrected chi connectivity index (χ4v) is 6.12. The number of rotatable bonds is 13. The van der Waals surface area contributed by atoms with Crippen LogP contribution in [-0.2, 0) is 22.4 Å². The summed E-state index contributed by atoms with van der Waals surface area (Å²) < 4.78 is 21.3. The van der Waals surface area contributed by atoms with Crippen molar-refractivity contribution in [2.75, 3.05) is 47.2 Å². The first kappa shape index (κ1) is 32.5. The summed E-state index contributed by atoms with van der Waals surface area (Å²) in [6, 6.07) is 11.3. The second-order valence-corrected chi connectivity index (χ2v) is 12.4. The first-order chi connectivity index (χ1) is 22.2. The van der Waals surface area contributed by atoms with Gasteiger partial charge in [0, 0.05) is 35.3 Å². The van der Waals surface area contributed by atoms with E-state index in [0.29, 0.717) is 119 Å². The topological polar surface area (TPSA) is 141 Å². The highest BCUT2D eigenvalue weighted by molar-refractivity contribution is 6.39. The highest BCUT2D eigenvalue weighted by Crippen LogP contribution is 2.42. The maximum absolute atomic E-state index is 10.3. The molecule has 11 nitrogen and oxygen atoms in total. The average Bonchev–Trinajstić information content (AvgIpc) is 3.04. The number of nitrogens with one attached hydrogen (secondary N) is 1. The van der Waals surface area contributed by atoms with Gasteiger partial charge >= 0.3 is 0 Å². The van der Waals surface area contributed by atoms with E-state index in [-0.39, 0.29) is 0 Å². The van der Waals surface area contributed by atoms with Crippen molar-refractivity contribution in [1.82, 2.24) is 25.3 Å². The minimum absolute atomic E-state index is 0.306. The highest BCUT2D eigenvalue weighted by atomic mass is 35.5. The molecule has 0 radical (unpaired) electrons. The molecule has 2 fully saturated rings. The van der Waals surface area contributed by atoms with Crippen molar-refractivity contribution in [2.24, 2.45) is 0 Å². The predicted molar refractivity (Wildman–Crippen MR) is 173 cm³/mol. The molecule has 4 heterocycles. The summed E-state index contributed by atoms with van der Waals surface area (Å²) in [5, 5.41) is 24.7. The molecule has 6 rings (SSSR count). The third-order valence-corrected chi connectivity index (χ3v) is 8.95. The number of hydrogen-bond acceptors (Lipinski definition) is 11. The van der Waals surface area contributed by atoms with Crippen molar-refractivity contribution < 1.29 is 29.2 Å². The van der Waals surface area contributed by atoms with E-state index in [4.69, 9.17) is 47.1 Å². The first-order valence-corrected chi connectivity index (χ1v) is 15.7. The zero-order valence-corrected chi connectivity index (χ0v) is 27.1. The summed E-state index contributed by atoms with van der Waals surface area (Å²) in [4.78, 5) is 18.6. The van der Waals surface area contributed by atoms with Crippen LogP contribution < -0.4 is 14.8 Å². The summed E-state index contributed by atoms with van der Waals surface area (Å²) in [7, 11) is 3.09. The molecule has 2 aliphatic heterocycles. The molecule has 0 amide bonds. The van der Waals surface area contributed by atoms with E-state index in [2.05, 4.69) is 20.3 Å². The average molecular weight is 669 g/mol. The smallest absolute Gasteiger partial charge is 0.237 e. The number of hydrogen-bond donors (Lipinski definition) is 3. The Kier molecular flexibility index (Phi) is 9.72. The lowest BCUT2D eigenvalue weighted by Crippen LogP contribution is -2.56. The molecule has 0 aliphatic carbocycles. The molecule has 2 aliphatic rings. The van der Waals surface area contributed by atoms with Crippen molar-refractivity contribution in [2.45, 2.75) is 37.0 Å². The third kappa shape index (κ3) is 6.82. The van der Waals surface area contributed by atoms with Crippen molar-refractivity contribution in [3.8, 4) is 45.4 Å². The summed E-state index contributed by atoms with van der Waals surface area (Å²) in [5.41, 5.74) is 3.57. The lowest BCUT2D eigenvalue weighted by atomic mass is 9.94. The van der Waals surface area contributed by atoms with Gasteiger partial charge in [-0.3, -0.25) is 9.97 Å². The standard InChI is InChI=1S/C33H35Cl2N5O6/c1-43-30-24(10-5-11-32(41)16-45-17-32)37-13-25(39-30)22-8-3-6-20(28(22)34)21-7-4-9-23(29(21)35)26-14-38-27(31(40-26)44-2)12-36-15-33(42)18-46-19-33/h3-4,6-9,13-14,36,41-42H,5,10-12,15-19H2,1-2H3. The van der Waals surface area contributed by atoms with Crippen LogP contribution in [-0.4, -0.2) is 88.5 Å². The Morgan fingerprint density at radius 1 is 0.761 bits per heavy atom. The second kappa shape index (κ2) is 13.7. The Morgan fingerprint density at radius 2 is 1.26 bits per heavy atom. The van der Waals surface area contributed by atoms with Gasteiger partial charge in [0.15, 0.2) is 0 Å². The van der Waals surface area contributed by atoms with Gasteiger partial charge in [0.1, 0.15) is 22.6 Å². The number of benzene rings is 2. The Hall–Kier alpha value is -3.42. The molecule has 0 bridgehead atoms. The van der Waals surface area contributed by atoms with E-state index < -0.39 is 11.2 Å². The van der Waals surface area contributed by atoms with Gasteiger partial charge in [-0.2, -0.15) is 0 Å². The molecule has 13 heteroatoms. The summed E-state index contributed by atoms with van der Waals surface area (Å²) >= 11 is 14.0. The number of aromatic nitrogens is 4. The molecule has 2 saturated heterocycles. The summed E-state index contributed by atoms with van der Waals surface area (Å²) in [6.07, 6.45) is 5.28. The zero-order chi connectivity index (χ0) is 32.3. The van der Waals surface area contributed by atoms with Crippen LogP contribution >= 0.6 is 23.2 Å². The van der Waals surface area contributed by atoms with Crippen molar-refractivity contribution in [3.63, 3.8) is 0 Å². The first-order valence-electron chi connectivity index (χ1n) is 14.9. The number of methoxy groups -OCH3 is 2. The SMILES string of the molecule is COc1nc(-c2cccc(-c3cccc(-c4cnc(CNCC5(O)COC5)c(OC)n4)c3Cl)c2Cl)cnc1CCCC1(O)COC1. The number of nitrogens with zero attached hydrogens (tertiary/aromatic N) is 4. The van der Waals surface area contributed by atoms with Gasteiger partial charge in [-0.1, -0.05) is 59.6 Å². The molecule has 46 heavy (non-hydrogen) atoms. The van der Waals surface area contributed by atoms with E-state index in [0.717, 1.165) is 6.42 Å². The van der Waals surface area contributed by atoms with E-state index >= 15 is 0 Å². The molecule has 242 valence electrons. The van der Waals surface area contributed by atoms with Crippen molar-refractivity contribution >= 4 is 23.2 Å². The molecular formula is C33H35Cl2N5O6. The lowest BCUT2D eigenvalue weighted by molar-refractivity contribution is -0.181. The van der Waals surface area contributed by atoms with Crippen molar-refractivity contribution in [3.05, 3.63) is 70.2 Å². The van der Waals surface area contributed by atoms with E-state index in [1.54, 1.807) is 19.5 Å². The minimum Gasteiger partial charge on any atom is -0.480 e. The Balaban J connectivity index is 1.23. The fraction of sp³-hybridized carbons (Fsp3) is 0.394. The largest absolute Gasteiger partial charge is 0.480 e. The van der Waals surface area contributed by atoms with Gasteiger partial charge in [-0.25, -0.2) is 9.97 Å². The van der Waals surface area contributed by atoms with Gasteiger partial charge in [-0.15, -0.1) is 0 Å². The van der Waals surface area contributed by atoms with Gasteiger partial charge in [0.25, 0.3) is 0 Å². The van der Waals surface area contributed by atoms with Crippen LogP contribution in [0.5, 0.6) is 11.8 Å². The molecular weight excluding hydrogens is 633 g/mol. The van der Waals surface area contributed by atoms with Gasteiger partial charge in [-0.05, 0) is 19.3 Å². The zero-order valence-electron chi connectivity index (χ0n) is 25.6. The second-order valence-electron chi connectivity index (χ2n) is 11.6. The monoisotopic (exact) mass is 667 g/mol. The molecule has 0 unspecified atom stereocenters. The Morgan fingerprint density at radius 3 is 1.76 bits per heavy atom. The van der Waals surface area contributed by atoms with Gasteiger partial charge in [0.2, 0.25) is 11.8 Å². The number of aryl methyl sites for hydroxylation is 1. The van der Waals surface area contributed by atoms with E-state index in [1.807, 2.05) is 36.4 Å². The Bertz CT molecular complexity index is 1590. The van der Waals surface area contributed by atoms with Crippen LogP contribution in [0.15, 0.2) is 48.8 Å². The molecule has 3 N–H and O–H groups in total. The highest BCUT2D eigenvalue weighted by Gasteiger charge is 2.36. The Labute approximate surface area is 276 Å². The fourth-order valence-electron chi connectivity index (χ4n) is 5.47. The number of ether oxygens (including phenoxy) is 4. The normalized spacial score (nSPS) is 16.4. The quantitative estimate of drug-likeness (QED) is 0.185. The number of halogens is 2. The minimum atomic E-state index is -0.856. The molecule has 0 saturated carbocycles. The lowest BCUT2D eigenvalue weighted by Gasteiger charge is -2.36. The maximum Gasteiger partial charge on any atom is 0.237 e. The van der Waals surface area contributed by atoms with E-state index in [1.165, 1.54) is 7.11 Å². The summed E-state index contributed by atoms with van der Waals surface area (Å²) in [5.74, 6) is 0.766. The molecule has 2 aromatic heterocycles. The van der Waals surface area contributed by atoms with E-state index in [9.17, 15) is 10.2 Å². The van der Waals surface area contributed by atoms with Crippen LogP contribution in [0.1, 0.15) is 24.2 Å². The van der Waals surface area contributed by atoms with Crippen LogP contribution in [0.25, 0.3) is 33.6 Å². The van der Waals surface area contributed by atoms with Crippen molar-refractivity contribution in [1.29, 1.82) is 0 Å². The van der Waals surface area contributed by atoms with Crippen LogP contribution in [0, 0.1) is 0 Å². The van der Waals surface area contributed by atoms with Gasteiger partial charge in [0.05, 0.1) is 74.5 Å².